The van der Waals surface area contributed by atoms with Gasteiger partial charge in [-0.2, -0.15) is 0 Å². The van der Waals surface area contributed by atoms with Gasteiger partial charge in [-0.25, -0.2) is 0 Å². The first-order valence-electron chi connectivity index (χ1n) is 9.87. The zero-order valence-electron chi connectivity index (χ0n) is 17.8. The normalized spacial score (nSPS) is 18.6. The fourth-order valence-corrected chi connectivity index (χ4v) is 4.40. The number of anilines is 1. The van der Waals surface area contributed by atoms with Crippen LogP contribution in [0.5, 0.6) is 5.75 Å². The van der Waals surface area contributed by atoms with Gasteiger partial charge >= 0.3 is 0 Å². The van der Waals surface area contributed by atoms with Crippen LogP contribution in [0.2, 0.25) is 0 Å². The maximum Gasteiger partial charge on any atom is 0.129 e. The van der Waals surface area contributed by atoms with E-state index in [1.807, 2.05) is 6.21 Å². The first-order chi connectivity index (χ1) is 12.8. The molecule has 0 bridgehead atoms. The second-order valence-corrected chi connectivity index (χ2v) is 8.36. The van der Waals surface area contributed by atoms with Crippen molar-refractivity contribution in [3.63, 3.8) is 0 Å². The number of fused-ring (bicyclic) bond motifs is 1. The first kappa shape index (κ1) is 19.5. The van der Waals surface area contributed by atoms with Gasteiger partial charge in [0.05, 0.1) is 12.8 Å². The summed E-state index contributed by atoms with van der Waals surface area (Å²) in [5.41, 5.74) is 7.29. The van der Waals surface area contributed by atoms with Crippen LogP contribution in [0.1, 0.15) is 62.3 Å². The molecule has 2 aromatic rings. The van der Waals surface area contributed by atoms with Crippen LogP contribution in [0.3, 0.4) is 0 Å². The molecule has 0 radical (unpaired) electrons. The molecule has 0 amide bonds. The Hall–Kier alpha value is -2.29. The van der Waals surface area contributed by atoms with Gasteiger partial charge in [-0.1, -0.05) is 19.1 Å². The molecular formula is C24H32N2O. The Labute approximate surface area is 164 Å². The molecule has 1 aliphatic heterocycles. The van der Waals surface area contributed by atoms with Crippen molar-refractivity contribution < 1.29 is 4.74 Å². The number of hydrogen-bond donors (Lipinski definition) is 0. The van der Waals surface area contributed by atoms with Crippen molar-refractivity contribution in [2.45, 2.75) is 59.4 Å². The summed E-state index contributed by atoms with van der Waals surface area (Å²) in [5, 5.41) is 0. The summed E-state index contributed by atoms with van der Waals surface area (Å²) in [4.78, 5) is 7.27. The van der Waals surface area contributed by atoms with Gasteiger partial charge in [-0.15, -0.1) is 0 Å². The molecular weight excluding hydrogens is 332 g/mol. The van der Waals surface area contributed by atoms with Crippen molar-refractivity contribution in [3.05, 3.63) is 52.6 Å². The highest BCUT2D eigenvalue weighted by molar-refractivity contribution is 5.88. The quantitative estimate of drug-likeness (QED) is 0.606. The predicted octanol–water partition coefficient (Wildman–Crippen LogP) is 6.17. The molecule has 0 saturated heterocycles. The number of aryl methyl sites for hydroxylation is 2. The van der Waals surface area contributed by atoms with E-state index >= 15 is 0 Å². The summed E-state index contributed by atoms with van der Waals surface area (Å²) >= 11 is 0. The number of rotatable bonds is 4. The van der Waals surface area contributed by atoms with Crippen molar-refractivity contribution >= 4 is 17.6 Å². The fraction of sp³-hybridized carbons (Fsp3) is 0.458. The van der Waals surface area contributed by atoms with Gasteiger partial charge in [0.15, 0.2) is 0 Å². The number of hydrogen-bond acceptors (Lipinski definition) is 3. The van der Waals surface area contributed by atoms with Crippen LogP contribution in [-0.2, 0) is 0 Å². The Kier molecular flexibility index (Phi) is 5.32. The molecule has 0 fully saturated rings. The Bertz CT molecular complexity index is 867. The molecule has 0 saturated carbocycles. The number of aliphatic imine (C=N–C) groups is 1. The van der Waals surface area contributed by atoms with Crippen molar-refractivity contribution in [2.24, 2.45) is 4.99 Å². The summed E-state index contributed by atoms with van der Waals surface area (Å²) in [6, 6.07) is 10.8. The minimum absolute atomic E-state index is 0.153. The van der Waals surface area contributed by atoms with Crippen molar-refractivity contribution in [3.8, 4) is 5.75 Å². The molecule has 1 heterocycles. The third kappa shape index (κ3) is 3.73. The molecule has 3 rings (SSSR count). The second-order valence-electron chi connectivity index (χ2n) is 8.36. The number of methoxy groups -OCH3 is 1. The summed E-state index contributed by atoms with van der Waals surface area (Å²) in [5.74, 6) is 1.39. The smallest absolute Gasteiger partial charge is 0.129 e. The van der Waals surface area contributed by atoms with E-state index in [0.29, 0.717) is 5.92 Å². The Morgan fingerprint density at radius 2 is 1.96 bits per heavy atom. The van der Waals surface area contributed by atoms with Crippen LogP contribution >= 0.6 is 0 Å². The van der Waals surface area contributed by atoms with Crippen molar-refractivity contribution in [1.82, 2.24) is 0 Å². The molecule has 27 heavy (non-hydrogen) atoms. The highest BCUT2D eigenvalue weighted by atomic mass is 16.5. The van der Waals surface area contributed by atoms with E-state index in [1.54, 1.807) is 7.11 Å². The van der Waals surface area contributed by atoms with Gasteiger partial charge in [0, 0.05) is 35.6 Å². The number of ether oxygens (including phenoxy) is 1. The van der Waals surface area contributed by atoms with Gasteiger partial charge in [0.2, 0.25) is 0 Å². The van der Waals surface area contributed by atoms with Gasteiger partial charge in [-0.3, -0.25) is 4.99 Å². The minimum atomic E-state index is 0.153. The van der Waals surface area contributed by atoms with Crippen molar-refractivity contribution in [1.29, 1.82) is 0 Å². The van der Waals surface area contributed by atoms with Crippen LogP contribution in [0, 0.1) is 13.8 Å². The molecule has 1 atom stereocenters. The van der Waals surface area contributed by atoms with E-state index in [0.717, 1.165) is 30.0 Å². The summed E-state index contributed by atoms with van der Waals surface area (Å²) in [6.45, 7) is 14.4. The van der Waals surface area contributed by atoms with E-state index in [4.69, 9.17) is 9.73 Å². The lowest BCUT2D eigenvalue weighted by molar-refractivity contribution is 0.377. The fourth-order valence-electron chi connectivity index (χ4n) is 4.40. The summed E-state index contributed by atoms with van der Waals surface area (Å²) < 4.78 is 5.73. The topological polar surface area (TPSA) is 24.8 Å². The zero-order chi connectivity index (χ0) is 19.8. The molecule has 0 spiro atoms. The average Bonchev–Trinajstić information content (AvgIpc) is 2.61. The Morgan fingerprint density at radius 3 is 2.63 bits per heavy atom. The molecule has 0 aliphatic carbocycles. The molecule has 2 aromatic carbocycles. The van der Waals surface area contributed by atoms with Crippen LogP contribution in [-0.4, -0.2) is 25.4 Å². The van der Waals surface area contributed by atoms with E-state index in [9.17, 15) is 0 Å². The van der Waals surface area contributed by atoms with Gasteiger partial charge in [0.25, 0.3) is 0 Å². The largest absolute Gasteiger partial charge is 0.496 e. The van der Waals surface area contributed by atoms with Gasteiger partial charge < -0.3 is 9.64 Å². The SMILES string of the molecule is CCN1c2cc(OC)c(C=Nc3cc(C)ccc3C)cc2C(C)CC1(C)C. The Balaban J connectivity index is 2.07. The lowest BCUT2D eigenvalue weighted by Gasteiger charge is -2.47. The number of benzene rings is 2. The third-order valence-corrected chi connectivity index (χ3v) is 5.76. The number of nitrogens with zero attached hydrogens (tertiary/aromatic N) is 2. The van der Waals surface area contributed by atoms with E-state index in [2.05, 4.69) is 76.8 Å². The van der Waals surface area contributed by atoms with Crippen LogP contribution in [0.15, 0.2) is 35.3 Å². The molecule has 144 valence electrons. The average molecular weight is 365 g/mol. The van der Waals surface area contributed by atoms with Crippen LogP contribution in [0.25, 0.3) is 0 Å². The van der Waals surface area contributed by atoms with Gasteiger partial charge in [0.1, 0.15) is 5.75 Å². The second kappa shape index (κ2) is 7.38. The summed E-state index contributed by atoms with van der Waals surface area (Å²) in [7, 11) is 1.74. The van der Waals surface area contributed by atoms with Crippen molar-refractivity contribution in [2.75, 3.05) is 18.6 Å². The van der Waals surface area contributed by atoms with E-state index in [1.165, 1.54) is 22.4 Å². The molecule has 0 N–H and O–H groups in total. The van der Waals surface area contributed by atoms with Crippen LogP contribution in [0.4, 0.5) is 11.4 Å². The molecule has 1 unspecified atom stereocenters. The van der Waals surface area contributed by atoms with Crippen LogP contribution < -0.4 is 9.64 Å². The van der Waals surface area contributed by atoms with Gasteiger partial charge in [-0.05, 0) is 75.8 Å². The lowest BCUT2D eigenvalue weighted by atomic mass is 9.79. The highest BCUT2D eigenvalue weighted by Crippen LogP contribution is 2.45. The lowest BCUT2D eigenvalue weighted by Crippen LogP contribution is -2.48. The highest BCUT2D eigenvalue weighted by Gasteiger charge is 2.36. The third-order valence-electron chi connectivity index (χ3n) is 5.76. The minimum Gasteiger partial charge on any atom is -0.496 e. The molecule has 3 heteroatoms. The maximum absolute atomic E-state index is 5.73. The monoisotopic (exact) mass is 364 g/mol. The molecule has 0 aromatic heterocycles. The standard InChI is InChI=1S/C24H32N2O/c1-8-26-22-13-23(27-7)19(12-20(22)18(4)14-24(26,5)6)15-25-21-11-16(2)9-10-17(21)3/h9-13,15,18H,8,14H2,1-7H3. The zero-order valence-corrected chi connectivity index (χ0v) is 17.8. The predicted molar refractivity (Wildman–Crippen MR) is 116 cm³/mol. The first-order valence-corrected chi connectivity index (χ1v) is 9.87. The molecule has 3 nitrogen and oxygen atoms in total. The Morgan fingerprint density at radius 1 is 1.22 bits per heavy atom. The summed E-state index contributed by atoms with van der Waals surface area (Å²) in [6.07, 6.45) is 3.09. The maximum atomic E-state index is 5.73. The van der Waals surface area contributed by atoms with E-state index < -0.39 is 0 Å². The van der Waals surface area contributed by atoms with E-state index in [-0.39, 0.29) is 5.54 Å². The molecule has 1 aliphatic rings.